The Morgan fingerprint density at radius 2 is 2.00 bits per heavy atom. The van der Waals surface area contributed by atoms with Gasteiger partial charge in [0.25, 0.3) is 5.91 Å². The first-order chi connectivity index (χ1) is 12.1. The molecule has 0 atom stereocenters. The van der Waals surface area contributed by atoms with Crippen molar-refractivity contribution in [1.82, 2.24) is 9.88 Å². The Bertz CT molecular complexity index is 921. The summed E-state index contributed by atoms with van der Waals surface area (Å²) < 4.78 is 5.78. The number of hydrogen-bond acceptors (Lipinski definition) is 5. The molecule has 3 heterocycles. The summed E-state index contributed by atoms with van der Waals surface area (Å²) in [5.41, 5.74) is 1.61. The first kappa shape index (κ1) is 16.0. The van der Waals surface area contributed by atoms with Gasteiger partial charge in [-0.25, -0.2) is 4.98 Å². The average molecular weight is 354 g/mol. The molecule has 2 aromatic heterocycles. The Labute approximate surface area is 149 Å². The maximum absolute atomic E-state index is 12.8. The van der Waals surface area contributed by atoms with Gasteiger partial charge >= 0.3 is 0 Å². The van der Waals surface area contributed by atoms with Crippen molar-refractivity contribution >= 4 is 34.0 Å². The molecule has 0 spiro atoms. The Hall–Kier alpha value is -2.47. The standard InChI is InChI=1S/C19H18N2O3S/c1-12-14-4-2-3-5-15(14)24-17(12)19(23)21-9-6-13(7-10-21)16(22)18-20-8-11-25-18/h2-5,8,11,13H,6-7,9-10H2,1H3. The van der Waals surface area contributed by atoms with Gasteiger partial charge in [0.15, 0.2) is 16.6 Å². The van der Waals surface area contributed by atoms with Crippen LogP contribution in [0.5, 0.6) is 0 Å². The monoisotopic (exact) mass is 354 g/mol. The SMILES string of the molecule is Cc1c(C(=O)N2CCC(C(=O)c3nccs3)CC2)oc2ccccc12. The Balaban J connectivity index is 1.47. The van der Waals surface area contributed by atoms with Crippen LogP contribution in [0.25, 0.3) is 11.0 Å². The summed E-state index contributed by atoms with van der Waals surface area (Å²) in [6.07, 6.45) is 2.99. The van der Waals surface area contributed by atoms with Crippen LogP contribution in [0.2, 0.25) is 0 Å². The van der Waals surface area contributed by atoms with E-state index >= 15 is 0 Å². The summed E-state index contributed by atoms with van der Waals surface area (Å²) in [6, 6.07) is 7.67. The molecule has 6 heteroatoms. The van der Waals surface area contributed by atoms with Crippen LogP contribution in [-0.2, 0) is 0 Å². The summed E-state index contributed by atoms with van der Waals surface area (Å²) in [6.45, 7) is 3.05. The van der Waals surface area contributed by atoms with Gasteiger partial charge in [-0.3, -0.25) is 9.59 Å². The maximum atomic E-state index is 12.8. The quantitative estimate of drug-likeness (QED) is 0.669. The molecule has 0 N–H and O–H groups in total. The minimum atomic E-state index is -0.0890. The lowest BCUT2D eigenvalue weighted by molar-refractivity contribution is 0.0625. The lowest BCUT2D eigenvalue weighted by atomic mass is 9.92. The molecular formula is C19H18N2O3S. The number of thiazole rings is 1. The molecule has 25 heavy (non-hydrogen) atoms. The second-order valence-electron chi connectivity index (χ2n) is 6.32. The highest BCUT2D eigenvalue weighted by molar-refractivity contribution is 7.11. The molecule has 1 aliphatic heterocycles. The molecule has 5 nitrogen and oxygen atoms in total. The number of benzene rings is 1. The fourth-order valence-corrected chi connectivity index (χ4v) is 4.04. The number of Topliss-reactive ketones (excluding diaryl/α,β-unsaturated/α-hetero) is 1. The van der Waals surface area contributed by atoms with Gasteiger partial charge in [-0.1, -0.05) is 18.2 Å². The number of amides is 1. The van der Waals surface area contributed by atoms with Gasteiger partial charge in [-0.15, -0.1) is 11.3 Å². The molecule has 0 aliphatic carbocycles. The molecule has 1 fully saturated rings. The topological polar surface area (TPSA) is 63.4 Å². The van der Waals surface area contributed by atoms with Crippen molar-refractivity contribution in [3.05, 3.63) is 52.2 Å². The molecule has 0 unspecified atom stereocenters. The highest BCUT2D eigenvalue weighted by Gasteiger charge is 2.31. The van der Waals surface area contributed by atoms with Crippen LogP contribution in [0.3, 0.4) is 0 Å². The summed E-state index contributed by atoms with van der Waals surface area (Å²) in [5, 5.41) is 3.36. The average Bonchev–Trinajstić information content (AvgIpc) is 3.30. The number of aromatic nitrogens is 1. The summed E-state index contributed by atoms with van der Waals surface area (Å²) >= 11 is 1.38. The van der Waals surface area contributed by atoms with Crippen molar-refractivity contribution in [1.29, 1.82) is 0 Å². The smallest absolute Gasteiger partial charge is 0.289 e. The van der Waals surface area contributed by atoms with Crippen molar-refractivity contribution < 1.29 is 14.0 Å². The number of ketones is 1. The second kappa shape index (κ2) is 6.44. The van der Waals surface area contributed by atoms with Gasteiger partial charge in [-0.05, 0) is 25.8 Å². The van der Waals surface area contributed by atoms with Crippen molar-refractivity contribution in [2.45, 2.75) is 19.8 Å². The van der Waals surface area contributed by atoms with E-state index in [0.29, 0.717) is 36.7 Å². The minimum Gasteiger partial charge on any atom is -0.451 e. The second-order valence-corrected chi connectivity index (χ2v) is 7.21. The predicted octanol–water partition coefficient (Wildman–Crippen LogP) is 3.93. The third kappa shape index (κ3) is 2.87. The molecule has 0 saturated carbocycles. The van der Waals surface area contributed by atoms with E-state index in [1.54, 1.807) is 11.1 Å². The van der Waals surface area contributed by atoms with Crippen molar-refractivity contribution in [2.24, 2.45) is 5.92 Å². The van der Waals surface area contributed by atoms with E-state index in [2.05, 4.69) is 4.98 Å². The first-order valence-electron chi connectivity index (χ1n) is 8.36. The molecule has 4 rings (SSSR count). The highest BCUT2D eigenvalue weighted by Crippen LogP contribution is 2.28. The summed E-state index contributed by atoms with van der Waals surface area (Å²) in [7, 11) is 0. The number of carbonyl (C=O) groups is 2. The van der Waals surface area contributed by atoms with Gasteiger partial charge in [0.1, 0.15) is 5.58 Å². The van der Waals surface area contributed by atoms with Crippen LogP contribution in [0, 0.1) is 12.8 Å². The molecule has 1 saturated heterocycles. The van der Waals surface area contributed by atoms with E-state index in [1.165, 1.54) is 11.3 Å². The van der Waals surface area contributed by atoms with Crippen LogP contribution in [0.15, 0.2) is 40.3 Å². The van der Waals surface area contributed by atoms with E-state index in [0.717, 1.165) is 16.5 Å². The number of carbonyl (C=O) groups excluding carboxylic acids is 2. The predicted molar refractivity (Wildman–Crippen MR) is 96.0 cm³/mol. The van der Waals surface area contributed by atoms with Gasteiger partial charge in [0, 0.05) is 41.5 Å². The fourth-order valence-electron chi connectivity index (χ4n) is 3.39. The van der Waals surface area contributed by atoms with Crippen LogP contribution in [0.4, 0.5) is 0 Å². The van der Waals surface area contributed by atoms with E-state index in [9.17, 15) is 9.59 Å². The lowest BCUT2D eigenvalue weighted by Crippen LogP contribution is -2.40. The summed E-state index contributed by atoms with van der Waals surface area (Å²) in [5.74, 6) is 0.369. The van der Waals surface area contributed by atoms with Crippen molar-refractivity contribution in [3.63, 3.8) is 0 Å². The Kier molecular flexibility index (Phi) is 4.13. The number of rotatable bonds is 3. The zero-order valence-corrected chi connectivity index (χ0v) is 14.7. The van der Waals surface area contributed by atoms with E-state index in [4.69, 9.17) is 4.42 Å². The number of aryl methyl sites for hydroxylation is 1. The van der Waals surface area contributed by atoms with Gasteiger partial charge in [0.2, 0.25) is 0 Å². The van der Waals surface area contributed by atoms with Crippen LogP contribution in [-0.4, -0.2) is 34.7 Å². The molecule has 128 valence electrons. The third-order valence-corrected chi connectivity index (χ3v) is 5.62. The van der Waals surface area contributed by atoms with Crippen LogP contribution < -0.4 is 0 Å². The van der Waals surface area contributed by atoms with Gasteiger partial charge in [-0.2, -0.15) is 0 Å². The number of likely N-dealkylation sites (tertiary alicyclic amines) is 1. The van der Waals surface area contributed by atoms with E-state index in [-0.39, 0.29) is 17.6 Å². The van der Waals surface area contributed by atoms with Crippen LogP contribution >= 0.6 is 11.3 Å². The molecule has 1 aliphatic rings. The molecule has 0 radical (unpaired) electrons. The molecule has 0 bridgehead atoms. The summed E-state index contributed by atoms with van der Waals surface area (Å²) in [4.78, 5) is 31.1. The zero-order valence-electron chi connectivity index (χ0n) is 13.9. The fraction of sp³-hybridized carbons (Fsp3) is 0.316. The first-order valence-corrected chi connectivity index (χ1v) is 9.24. The van der Waals surface area contributed by atoms with Crippen molar-refractivity contribution in [3.8, 4) is 0 Å². The largest absolute Gasteiger partial charge is 0.451 e. The van der Waals surface area contributed by atoms with Crippen molar-refractivity contribution in [2.75, 3.05) is 13.1 Å². The normalized spacial score (nSPS) is 15.6. The molecular weight excluding hydrogens is 336 g/mol. The third-order valence-electron chi connectivity index (χ3n) is 4.83. The van der Waals surface area contributed by atoms with Gasteiger partial charge in [0.05, 0.1) is 0 Å². The highest BCUT2D eigenvalue weighted by atomic mass is 32.1. The lowest BCUT2D eigenvalue weighted by Gasteiger charge is -2.30. The number of piperidine rings is 1. The number of para-hydroxylation sites is 1. The minimum absolute atomic E-state index is 0.0491. The molecule has 1 aromatic carbocycles. The number of hydrogen-bond donors (Lipinski definition) is 0. The Morgan fingerprint density at radius 3 is 2.68 bits per heavy atom. The number of furan rings is 1. The maximum Gasteiger partial charge on any atom is 0.289 e. The van der Waals surface area contributed by atoms with E-state index in [1.807, 2.05) is 36.6 Å². The Morgan fingerprint density at radius 1 is 1.24 bits per heavy atom. The zero-order chi connectivity index (χ0) is 17.4. The molecule has 1 amide bonds. The van der Waals surface area contributed by atoms with Gasteiger partial charge < -0.3 is 9.32 Å². The van der Waals surface area contributed by atoms with Crippen LogP contribution in [0.1, 0.15) is 38.8 Å². The number of nitrogens with zero attached hydrogens (tertiary/aromatic N) is 2. The van der Waals surface area contributed by atoms with E-state index < -0.39 is 0 Å². The number of fused-ring (bicyclic) bond motifs is 1. The molecule has 3 aromatic rings.